The zero-order valence-corrected chi connectivity index (χ0v) is 12.5. The summed E-state index contributed by atoms with van der Waals surface area (Å²) in [6.07, 6.45) is 5.77. The SMILES string of the molecule is CCCCCCC(C)Nc1cc(F)ccc1C(=O)OC. The van der Waals surface area contributed by atoms with E-state index in [1.165, 1.54) is 44.6 Å². The van der Waals surface area contributed by atoms with E-state index in [0.29, 0.717) is 11.3 Å². The van der Waals surface area contributed by atoms with Crippen LogP contribution in [0.5, 0.6) is 0 Å². The molecular weight excluding hydrogens is 257 g/mol. The van der Waals surface area contributed by atoms with Crippen LogP contribution in [0, 0.1) is 5.82 Å². The zero-order valence-electron chi connectivity index (χ0n) is 12.5. The highest BCUT2D eigenvalue weighted by Crippen LogP contribution is 2.20. The van der Waals surface area contributed by atoms with E-state index < -0.39 is 5.97 Å². The van der Waals surface area contributed by atoms with Crippen LogP contribution in [0.2, 0.25) is 0 Å². The highest BCUT2D eigenvalue weighted by atomic mass is 19.1. The summed E-state index contributed by atoms with van der Waals surface area (Å²) in [6, 6.07) is 4.25. The van der Waals surface area contributed by atoms with Crippen LogP contribution in [0.25, 0.3) is 0 Å². The Labute approximate surface area is 120 Å². The molecule has 112 valence electrons. The van der Waals surface area contributed by atoms with Gasteiger partial charge in [0, 0.05) is 6.04 Å². The molecule has 1 atom stereocenters. The molecule has 0 heterocycles. The second-order valence-corrected chi connectivity index (χ2v) is 5.08. The lowest BCUT2D eigenvalue weighted by atomic mass is 10.1. The summed E-state index contributed by atoms with van der Waals surface area (Å²) in [7, 11) is 1.32. The number of nitrogens with one attached hydrogen (secondary N) is 1. The summed E-state index contributed by atoms with van der Waals surface area (Å²) in [5.74, 6) is -0.816. The molecule has 0 spiro atoms. The molecule has 1 unspecified atom stereocenters. The van der Waals surface area contributed by atoms with Gasteiger partial charge in [-0.1, -0.05) is 32.6 Å². The smallest absolute Gasteiger partial charge is 0.339 e. The number of halogens is 1. The standard InChI is InChI=1S/C16H24FNO2/c1-4-5-6-7-8-12(2)18-15-11-13(17)9-10-14(15)16(19)20-3/h9-12,18H,4-8H2,1-3H3. The minimum absolute atomic E-state index is 0.192. The van der Waals surface area contributed by atoms with Gasteiger partial charge in [0.15, 0.2) is 0 Å². The molecule has 0 saturated carbocycles. The van der Waals surface area contributed by atoms with Gasteiger partial charge in [-0.25, -0.2) is 9.18 Å². The molecule has 1 rings (SSSR count). The Hall–Kier alpha value is -1.58. The summed E-state index contributed by atoms with van der Waals surface area (Å²) < 4.78 is 18.0. The maximum atomic E-state index is 13.3. The highest BCUT2D eigenvalue weighted by molar-refractivity contribution is 5.95. The topological polar surface area (TPSA) is 38.3 Å². The van der Waals surface area contributed by atoms with Gasteiger partial charge in [0.1, 0.15) is 5.82 Å². The van der Waals surface area contributed by atoms with Gasteiger partial charge in [-0.3, -0.25) is 0 Å². The lowest BCUT2D eigenvalue weighted by Crippen LogP contribution is -2.18. The number of hydrogen-bond donors (Lipinski definition) is 1. The Morgan fingerprint density at radius 2 is 2.10 bits per heavy atom. The van der Waals surface area contributed by atoms with Crippen LogP contribution in [0.15, 0.2) is 18.2 Å². The molecule has 1 aromatic carbocycles. The zero-order chi connectivity index (χ0) is 15.0. The first kappa shape index (κ1) is 16.5. The third-order valence-electron chi connectivity index (χ3n) is 3.28. The van der Waals surface area contributed by atoms with Crippen molar-refractivity contribution in [2.75, 3.05) is 12.4 Å². The maximum Gasteiger partial charge on any atom is 0.339 e. The van der Waals surface area contributed by atoms with Gasteiger partial charge in [-0.05, 0) is 31.5 Å². The fourth-order valence-electron chi connectivity index (χ4n) is 2.14. The molecule has 0 aliphatic carbocycles. The van der Waals surface area contributed by atoms with Crippen molar-refractivity contribution in [2.24, 2.45) is 0 Å². The minimum atomic E-state index is -0.453. The van der Waals surface area contributed by atoms with Crippen molar-refractivity contribution in [3.05, 3.63) is 29.6 Å². The largest absolute Gasteiger partial charge is 0.465 e. The number of rotatable bonds is 8. The van der Waals surface area contributed by atoms with E-state index in [0.717, 1.165) is 12.8 Å². The van der Waals surface area contributed by atoms with Crippen LogP contribution >= 0.6 is 0 Å². The van der Waals surface area contributed by atoms with E-state index in [-0.39, 0.29) is 11.9 Å². The van der Waals surface area contributed by atoms with Crippen LogP contribution in [0.4, 0.5) is 10.1 Å². The Morgan fingerprint density at radius 1 is 1.35 bits per heavy atom. The molecule has 0 bridgehead atoms. The van der Waals surface area contributed by atoms with E-state index in [1.807, 2.05) is 6.92 Å². The molecule has 4 heteroatoms. The van der Waals surface area contributed by atoms with Gasteiger partial charge in [0.05, 0.1) is 18.4 Å². The lowest BCUT2D eigenvalue weighted by molar-refractivity contribution is 0.0601. The Morgan fingerprint density at radius 3 is 2.75 bits per heavy atom. The van der Waals surface area contributed by atoms with Crippen molar-refractivity contribution in [1.82, 2.24) is 0 Å². The molecule has 0 fully saturated rings. The average molecular weight is 281 g/mol. The molecule has 1 N–H and O–H groups in total. The summed E-state index contributed by atoms with van der Waals surface area (Å²) in [6.45, 7) is 4.22. The van der Waals surface area contributed by atoms with Crippen molar-refractivity contribution in [3.63, 3.8) is 0 Å². The van der Waals surface area contributed by atoms with Crippen LogP contribution in [0.1, 0.15) is 56.3 Å². The fraction of sp³-hybridized carbons (Fsp3) is 0.562. The number of unbranched alkanes of at least 4 members (excludes halogenated alkanes) is 3. The first-order chi connectivity index (χ1) is 9.58. The maximum absolute atomic E-state index is 13.3. The number of anilines is 1. The number of ether oxygens (including phenoxy) is 1. The molecule has 0 aliphatic heterocycles. The van der Waals surface area contributed by atoms with Crippen LogP contribution in [-0.4, -0.2) is 19.1 Å². The second kappa shape index (κ2) is 8.56. The Bertz CT molecular complexity index is 434. The quantitative estimate of drug-likeness (QED) is 0.567. The van der Waals surface area contributed by atoms with Crippen molar-refractivity contribution in [3.8, 4) is 0 Å². The Kier molecular flexibility index (Phi) is 7.05. The molecule has 1 aromatic rings. The summed E-state index contributed by atoms with van der Waals surface area (Å²) in [4.78, 5) is 11.6. The predicted octanol–water partition coefficient (Wildman–Crippen LogP) is 4.38. The van der Waals surface area contributed by atoms with Gasteiger partial charge >= 0.3 is 5.97 Å². The summed E-state index contributed by atoms with van der Waals surface area (Å²) in [5, 5.41) is 3.20. The number of esters is 1. The molecule has 0 radical (unpaired) electrons. The molecular formula is C16H24FNO2. The van der Waals surface area contributed by atoms with Crippen molar-refractivity contribution in [1.29, 1.82) is 0 Å². The van der Waals surface area contributed by atoms with Gasteiger partial charge in [-0.15, -0.1) is 0 Å². The first-order valence-electron chi connectivity index (χ1n) is 7.22. The highest BCUT2D eigenvalue weighted by Gasteiger charge is 2.14. The normalized spacial score (nSPS) is 12.0. The third-order valence-corrected chi connectivity index (χ3v) is 3.28. The molecule has 3 nitrogen and oxygen atoms in total. The molecule has 0 amide bonds. The van der Waals surface area contributed by atoms with E-state index in [4.69, 9.17) is 4.74 Å². The minimum Gasteiger partial charge on any atom is -0.465 e. The number of hydrogen-bond acceptors (Lipinski definition) is 3. The van der Waals surface area contributed by atoms with E-state index >= 15 is 0 Å². The van der Waals surface area contributed by atoms with E-state index in [2.05, 4.69) is 12.2 Å². The van der Waals surface area contributed by atoms with Gasteiger partial charge in [-0.2, -0.15) is 0 Å². The monoisotopic (exact) mass is 281 g/mol. The average Bonchev–Trinajstić information content (AvgIpc) is 2.43. The lowest BCUT2D eigenvalue weighted by Gasteiger charge is -2.17. The number of benzene rings is 1. The number of carbonyl (C=O) groups is 1. The molecule has 0 aromatic heterocycles. The molecule has 0 saturated heterocycles. The van der Waals surface area contributed by atoms with E-state index in [9.17, 15) is 9.18 Å². The fourth-order valence-corrected chi connectivity index (χ4v) is 2.14. The third kappa shape index (κ3) is 5.19. The summed E-state index contributed by atoms with van der Waals surface area (Å²) >= 11 is 0. The molecule has 20 heavy (non-hydrogen) atoms. The second-order valence-electron chi connectivity index (χ2n) is 5.08. The van der Waals surface area contributed by atoms with Gasteiger partial charge in [0.2, 0.25) is 0 Å². The van der Waals surface area contributed by atoms with Crippen LogP contribution < -0.4 is 5.32 Å². The van der Waals surface area contributed by atoms with Crippen molar-refractivity contribution < 1.29 is 13.9 Å². The summed E-state index contributed by atoms with van der Waals surface area (Å²) in [5.41, 5.74) is 0.870. The molecule has 0 aliphatic rings. The van der Waals surface area contributed by atoms with Crippen LogP contribution in [0.3, 0.4) is 0 Å². The van der Waals surface area contributed by atoms with Crippen molar-refractivity contribution >= 4 is 11.7 Å². The van der Waals surface area contributed by atoms with Crippen LogP contribution in [-0.2, 0) is 4.74 Å². The van der Waals surface area contributed by atoms with Crippen molar-refractivity contribution in [2.45, 2.75) is 52.0 Å². The van der Waals surface area contributed by atoms with E-state index in [1.54, 1.807) is 0 Å². The number of methoxy groups -OCH3 is 1. The van der Waals surface area contributed by atoms with Gasteiger partial charge < -0.3 is 10.1 Å². The van der Waals surface area contributed by atoms with Gasteiger partial charge in [0.25, 0.3) is 0 Å². The first-order valence-corrected chi connectivity index (χ1v) is 7.22. The predicted molar refractivity (Wildman–Crippen MR) is 79.6 cm³/mol. The number of carbonyl (C=O) groups excluding carboxylic acids is 1. The Balaban J connectivity index is 2.65.